The quantitative estimate of drug-likeness (QED) is 0.832. The molecular weight excluding hydrogens is 248 g/mol. The summed E-state index contributed by atoms with van der Waals surface area (Å²) in [6, 6.07) is 12.6. The molecular formula is C17H22N2O. The van der Waals surface area contributed by atoms with Crippen molar-refractivity contribution in [1.29, 1.82) is 0 Å². The van der Waals surface area contributed by atoms with Gasteiger partial charge in [-0.3, -0.25) is 4.98 Å². The summed E-state index contributed by atoms with van der Waals surface area (Å²) < 4.78 is 5.65. The fourth-order valence-electron chi connectivity index (χ4n) is 1.99. The SMILES string of the molecule is CCCOc1cccc(CN[C@H](C)c2cccnc2)c1. The average Bonchev–Trinajstić information content (AvgIpc) is 2.52. The highest BCUT2D eigenvalue weighted by Gasteiger charge is 2.04. The molecule has 0 saturated carbocycles. The van der Waals surface area contributed by atoms with E-state index in [0.717, 1.165) is 25.3 Å². The van der Waals surface area contributed by atoms with E-state index < -0.39 is 0 Å². The second-order valence-electron chi connectivity index (χ2n) is 4.88. The van der Waals surface area contributed by atoms with Gasteiger partial charge in [-0.05, 0) is 42.7 Å². The third kappa shape index (κ3) is 4.35. The number of hydrogen-bond donors (Lipinski definition) is 1. The van der Waals surface area contributed by atoms with Gasteiger partial charge in [0.25, 0.3) is 0 Å². The van der Waals surface area contributed by atoms with Crippen molar-refractivity contribution in [3.8, 4) is 5.75 Å². The van der Waals surface area contributed by atoms with E-state index in [1.807, 2.05) is 24.4 Å². The molecule has 106 valence electrons. The largest absolute Gasteiger partial charge is 0.494 e. The standard InChI is InChI=1S/C17H22N2O/c1-3-10-20-17-8-4-6-15(11-17)12-19-14(2)16-7-5-9-18-13-16/h4-9,11,13-14,19H,3,10,12H2,1-2H3/t14-/m1/s1. The first-order valence-corrected chi connectivity index (χ1v) is 7.14. The van der Waals surface area contributed by atoms with Gasteiger partial charge in [0, 0.05) is 25.0 Å². The first-order chi connectivity index (χ1) is 9.79. The topological polar surface area (TPSA) is 34.1 Å². The smallest absolute Gasteiger partial charge is 0.119 e. The third-order valence-electron chi connectivity index (χ3n) is 3.17. The van der Waals surface area contributed by atoms with Crippen molar-refractivity contribution in [1.82, 2.24) is 10.3 Å². The molecule has 1 atom stereocenters. The Morgan fingerprint density at radius 1 is 1.25 bits per heavy atom. The molecule has 2 aromatic rings. The molecule has 0 radical (unpaired) electrons. The first kappa shape index (κ1) is 14.5. The molecule has 0 amide bonds. The zero-order valence-corrected chi connectivity index (χ0v) is 12.2. The Morgan fingerprint density at radius 2 is 2.15 bits per heavy atom. The molecule has 2 rings (SSSR count). The fourth-order valence-corrected chi connectivity index (χ4v) is 1.99. The summed E-state index contributed by atoms with van der Waals surface area (Å²) in [4.78, 5) is 4.15. The van der Waals surface area contributed by atoms with Crippen LogP contribution in [0.4, 0.5) is 0 Å². The van der Waals surface area contributed by atoms with E-state index in [1.54, 1.807) is 6.20 Å². The van der Waals surface area contributed by atoms with Crippen LogP contribution in [0.15, 0.2) is 48.8 Å². The van der Waals surface area contributed by atoms with E-state index in [1.165, 1.54) is 11.1 Å². The van der Waals surface area contributed by atoms with Gasteiger partial charge in [-0.15, -0.1) is 0 Å². The second-order valence-corrected chi connectivity index (χ2v) is 4.88. The molecule has 0 aliphatic carbocycles. The molecule has 0 aliphatic rings. The van der Waals surface area contributed by atoms with Crippen LogP contribution in [0.5, 0.6) is 5.75 Å². The van der Waals surface area contributed by atoms with Crippen LogP contribution in [0.1, 0.15) is 37.4 Å². The number of rotatable bonds is 7. The number of nitrogens with zero attached hydrogens (tertiary/aromatic N) is 1. The van der Waals surface area contributed by atoms with Crippen molar-refractivity contribution in [2.75, 3.05) is 6.61 Å². The summed E-state index contributed by atoms with van der Waals surface area (Å²) in [5.41, 5.74) is 2.43. The van der Waals surface area contributed by atoms with Crippen LogP contribution in [0.3, 0.4) is 0 Å². The zero-order chi connectivity index (χ0) is 14.2. The fraction of sp³-hybridized carbons (Fsp3) is 0.353. The Balaban J connectivity index is 1.90. The Labute approximate surface area is 121 Å². The van der Waals surface area contributed by atoms with Gasteiger partial charge in [0.05, 0.1) is 6.61 Å². The summed E-state index contributed by atoms with van der Waals surface area (Å²) in [7, 11) is 0. The molecule has 0 fully saturated rings. The van der Waals surface area contributed by atoms with Crippen LogP contribution >= 0.6 is 0 Å². The maximum atomic E-state index is 5.65. The number of nitrogens with one attached hydrogen (secondary N) is 1. The molecule has 3 nitrogen and oxygen atoms in total. The molecule has 1 aromatic heterocycles. The molecule has 20 heavy (non-hydrogen) atoms. The van der Waals surface area contributed by atoms with Gasteiger partial charge in [0.1, 0.15) is 5.75 Å². The van der Waals surface area contributed by atoms with Crippen LogP contribution in [-0.2, 0) is 6.54 Å². The number of pyridine rings is 1. The molecule has 1 aromatic carbocycles. The van der Waals surface area contributed by atoms with E-state index >= 15 is 0 Å². The van der Waals surface area contributed by atoms with Crippen molar-refractivity contribution in [3.63, 3.8) is 0 Å². The van der Waals surface area contributed by atoms with Crippen molar-refractivity contribution < 1.29 is 4.74 Å². The summed E-state index contributed by atoms with van der Waals surface area (Å²) in [5.74, 6) is 0.945. The maximum absolute atomic E-state index is 5.65. The monoisotopic (exact) mass is 270 g/mol. The van der Waals surface area contributed by atoms with Crippen molar-refractivity contribution >= 4 is 0 Å². The van der Waals surface area contributed by atoms with E-state index in [-0.39, 0.29) is 6.04 Å². The van der Waals surface area contributed by atoms with Gasteiger partial charge in [-0.2, -0.15) is 0 Å². The highest BCUT2D eigenvalue weighted by molar-refractivity contribution is 5.28. The van der Waals surface area contributed by atoms with Gasteiger partial charge in [-0.1, -0.05) is 25.1 Å². The third-order valence-corrected chi connectivity index (χ3v) is 3.17. The van der Waals surface area contributed by atoms with E-state index in [9.17, 15) is 0 Å². The van der Waals surface area contributed by atoms with Crippen LogP contribution in [0.2, 0.25) is 0 Å². The lowest BCUT2D eigenvalue weighted by Crippen LogP contribution is -2.18. The van der Waals surface area contributed by atoms with Gasteiger partial charge < -0.3 is 10.1 Å². The average molecular weight is 270 g/mol. The van der Waals surface area contributed by atoms with Crippen molar-refractivity contribution in [2.24, 2.45) is 0 Å². The number of ether oxygens (including phenoxy) is 1. The molecule has 0 saturated heterocycles. The molecule has 1 heterocycles. The lowest BCUT2D eigenvalue weighted by molar-refractivity contribution is 0.317. The van der Waals surface area contributed by atoms with Gasteiger partial charge in [0.15, 0.2) is 0 Å². The Bertz CT molecular complexity index is 513. The summed E-state index contributed by atoms with van der Waals surface area (Å²) in [6.45, 7) is 5.85. The lowest BCUT2D eigenvalue weighted by atomic mass is 10.1. The minimum atomic E-state index is 0.281. The predicted octanol–water partition coefficient (Wildman–Crippen LogP) is 3.72. The lowest BCUT2D eigenvalue weighted by Gasteiger charge is -2.14. The van der Waals surface area contributed by atoms with Crippen molar-refractivity contribution in [3.05, 3.63) is 59.9 Å². The highest BCUT2D eigenvalue weighted by atomic mass is 16.5. The Morgan fingerprint density at radius 3 is 2.90 bits per heavy atom. The van der Waals surface area contributed by atoms with Crippen LogP contribution < -0.4 is 10.1 Å². The predicted molar refractivity (Wildman–Crippen MR) is 81.7 cm³/mol. The molecule has 0 unspecified atom stereocenters. The normalized spacial score (nSPS) is 12.1. The maximum Gasteiger partial charge on any atom is 0.119 e. The van der Waals surface area contributed by atoms with Crippen LogP contribution in [0, 0.1) is 0 Å². The van der Waals surface area contributed by atoms with Crippen LogP contribution in [-0.4, -0.2) is 11.6 Å². The van der Waals surface area contributed by atoms with E-state index in [0.29, 0.717) is 0 Å². The van der Waals surface area contributed by atoms with Gasteiger partial charge in [0.2, 0.25) is 0 Å². The van der Waals surface area contributed by atoms with E-state index in [4.69, 9.17) is 4.74 Å². The molecule has 0 spiro atoms. The second kappa shape index (κ2) is 7.65. The Hall–Kier alpha value is -1.87. The minimum absolute atomic E-state index is 0.281. The van der Waals surface area contributed by atoms with Gasteiger partial charge in [-0.25, -0.2) is 0 Å². The molecule has 1 N–H and O–H groups in total. The molecule has 3 heteroatoms. The Kier molecular flexibility index (Phi) is 5.56. The summed E-state index contributed by atoms with van der Waals surface area (Å²) in [6.07, 6.45) is 4.73. The molecule has 0 bridgehead atoms. The van der Waals surface area contributed by atoms with Crippen LogP contribution in [0.25, 0.3) is 0 Å². The van der Waals surface area contributed by atoms with E-state index in [2.05, 4.69) is 42.3 Å². The number of benzene rings is 1. The first-order valence-electron chi connectivity index (χ1n) is 7.14. The number of aromatic nitrogens is 1. The summed E-state index contributed by atoms with van der Waals surface area (Å²) in [5, 5.41) is 3.50. The minimum Gasteiger partial charge on any atom is -0.494 e. The van der Waals surface area contributed by atoms with Crippen molar-refractivity contribution in [2.45, 2.75) is 32.9 Å². The zero-order valence-electron chi connectivity index (χ0n) is 12.2. The van der Waals surface area contributed by atoms with Gasteiger partial charge >= 0.3 is 0 Å². The number of hydrogen-bond acceptors (Lipinski definition) is 3. The summed E-state index contributed by atoms with van der Waals surface area (Å²) >= 11 is 0. The highest BCUT2D eigenvalue weighted by Crippen LogP contribution is 2.15. The molecule has 0 aliphatic heterocycles.